The molecule has 0 aromatic heterocycles. The molecule has 0 aliphatic carbocycles. The normalized spacial score (nSPS) is 12.5. The Bertz CT molecular complexity index is 5900. The minimum atomic E-state index is -5.63. The van der Waals surface area contributed by atoms with Crippen molar-refractivity contribution in [3.05, 3.63) is 355 Å². The minimum absolute atomic E-state index is 0.0427. The van der Waals surface area contributed by atoms with Gasteiger partial charge in [0, 0.05) is 19.3 Å². The Kier molecular flexibility index (Phi) is 23.8. The van der Waals surface area contributed by atoms with Gasteiger partial charge >= 0.3 is 7.82 Å². The number of rotatable bonds is 27. The number of phosphoric acid groups is 1. The fraction of sp³-hybridized carbons (Fsp3) is 0.0968. The zero-order valence-electron chi connectivity index (χ0n) is 61.8. The summed E-state index contributed by atoms with van der Waals surface area (Å²) < 4.78 is 79.8. The number of hydrogen-bond donors (Lipinski definition) is 0. The van der Waals surface area contributed by atoms with Crippen LogP contribution in [0.1, 0.15) is 121 Å². The largest absolute Gasteiger partial charge is 0.477 e. The zero-order valence-corrected chi connectivity index (χ0v) is 62.7. The Morgan fingerprint density at radius 1 is 0.224 bits per heavy atom. The molecule has 3 atom stereocenters. The van der Waals surface area contributed by atoms with E-state index in [0.717, 1.165) is 0 Å². The molecule has 12 rings (SSSR count). The fourth-order valence-electron chi connectivity index (χ4n) is 12.8. The van der Waals surface area contributed by atoms with Crippen LogP contribution in [0.3, 0.4) is 0 Å². The Labute approximate surface area is 667 Å². The van der Waals surface area contributed by atoms with Gasteiger partial charge in [-0.05, 0) is 236 Å². The number of benzene rings is 12. The SMILES string of the molecule is CC(Cc1cccc(Oc2ccc(C#N)c(C#N)c2)c1)(OP(=O)(OC(C)(Cc1cccc(Oc2ccc(C#N)c(C#N)c2)c1)c1cccc(Oc2ccc(C#N)c(C#N)c2)c1)OC(C)(Cc1cccc(Oc2ccc(C#N)c(C#N)c2)c1)c1cccc(Oc2ccc(C#N)c(C#N)c2)c1)c1cccc(Oc2ccc(C#N)c(C#N)c2)c1. The first-order chi connectivity index (χ1) is 56.2. The molecule has 22 nitrogen and oxygen atoms in total. The van der Waals surface area contributed by atoms with Crippen LogP contribution in [0.4, 0.5) is 0 Å². The summed E-state index contributed by atoms with van der Waals surface area (Å²) in [5.41, 5.74) is -2.38. The van der Waals surface area contributed by atoms with E-state index in [-0.39, 0.29) is 155 Å². The zero-order chi connectivity index (χ0) is 82.0. The van der Waals surface area contributed by atoms with Crippen LogP contribution in [0.5, 0.6) is 69.0 Å². The maximum Gasteiger partial charge on any atom is 0.477 e. The van der Waals surface area contributed by atoms with Gasteiger partial charge in [-0.1, -0.05) is 72.8 Å². The second-order valence-electron chi connectivity index (χ2n) is 26.7. The first-order valence-electron chi connectivity index (χ1n) is 35.2. The van der Waals surface area contributed by atoms with Crippen molar-refractivity contribution in [2.45, 2.75) is 56.8 Å². The van der Waals surface area contributed by atoms with Crippen LogP contribution in [-0.2, 0) is 54.2 Å². The highest BCUT2D eigenvalue weighted by Gasteiger charge is 2.50. The van der Waals surface area contributed by atoms with E-state index in [1.165, 1.54) is 91.0 Å². The molecule has 116 heavy (non-hydrogen) atoms. The molecule has 0 saturated heterocycles. The van der Waals surface area contributed by atoms with Gasteiger partial charge in [0.15, 0.2) is 0 Å². The molecule has 0 bridgehead atoms. The van der Waals surface area contributed by atoms with Crippen molar-refractivity contribution in [3.8, 4) is 142 Å². The van der Waals surface area contributed by atoms with Crippen molar-refractivity contribution < 1.29 is 46.6 Å². The Hall–Kier alpha value is -16.6. The van der Waals surface area contributed by atoms with Gasteiger partial charge in [-0.2, -0.15) is 63.1 Å². The molecule has 0 amide bonds. The summed E-state index contributed by atoms with van der Waals surface area (Å²) in [6.07, 6.45) is -0.608. The Balaban J connectivity index is 1.08. The predicted molar refractivity (Wildman–Crippen MR) is 418 cm³/mol. The van der Waals surface area contributed by atoms with Crippen molar-refractivity contribution in [2.75, 3.05) is 0 Å². The molecule has 0 saturated carbocycles. The molecule has 3 unspecified atom stereocenters. The summed E-state index contributed by atoms with van der Waals surface area (Å²) in [6.45, 7) is 4.99. The lowest BCUT2D eigenvalue weighted by atomic mass is 9.89. The van der Waals surface area contributed by atoms with Crippen molar-refractivity contribution >= 4 is 7.82 Å². The number of nitrogens with zero attached hydrogens (tertiary/aromatic N) is 12. The van der Waals surface area contributed by atoms with E-state index < -0.39 is 24.6 Å². The third kappa shape index (κ3) is 18.6. The van der Waals surface area contributed by atoms with Gasteiger partial charge < -0.3 is 28.4 Å². The van der Waals surface area contributed by atoms with Gasteiger partial charge in [0.25, 0.3) is 0 Å². The van der Waals surface area contributed by atoms with E-state index in [1.54, 1.807) is 185 Å². The van der Waals surface area contributed by atoms with E-state index >= 15 is 4.57 Å². The predicted octanol–water partition coefficient (Wildman–Crippen LogP) is 20.8. The molecule has 0 heterocycles. The number of nitriles is 12. The van der Waals surface area contributed by atoms with Crippen LogP contribution in [-0.4, -0.2) is 0 Å². The van der Waals surface area contributed by atoms with Gasteiger partial charge in [-0.15, -0.1) is 0 Å². The highest BCUT2D eigenvalue weighted by atomic mass is 31.2. The quantitative estimate of drug-likeness (QED) is 0.0431. The number of ether oxygens (including phenoxy) is 6. The molecular formula is C93H57N12O10P. The second kappa shape index (κ2) is 35.0. The highest BCUT2D eigenvalue weighted by molar-refractivity contribution is 7.48. The highest BCUT2D eigenvalue weighted by Crippen LogP contribution is 2.64. The molecule has 554 valence electrons. The lowest BCUT2D eigenvalue weighted by molar-refractivity contribution is -0.0610. The lowest BCUT2D eigenvalue weighted by Crippen LogP contribution is -2.36. The Morgan fingerprint density at radius 3 is 0.586 bits per heavy atom. The maximum atomic E-state index is 18.4. The first-order valence-corrected chi connectivity index (χ1v) is 36.7. The molecule has 0 aliphatic rings. The standard InChI is InChI=1S/C93H57N12O10P/c1-91(76-13-7-19-82(43-76)110-88-31-25-67(52-97)73(40-88)58-103,46-61-10-4-16-79(34-61)107-85-28-22-64(49-94)70(37-85)55-100)113-116(106,114-92(2,77-14-8-20-83(44-77)111-89-32-26-68(53-98)74(41-89)59-104)47-62-11-5-17-80(35-62)108-86-29-23-65(50-95)71(38-86)56-101)115-93(3,78-15-9-21-84(45-78)112-90-33-27-69(54-99)75(42-90)60-105)48-63-12-6-18-81(36-63)109-87-30-24-66(51-96)72(39-87)57-102/h4-45H,46-48H2,1-3H3. The van der Waals surface area contributed by atoms with Gasteiger partial charge in [0.1, 0.15) is 159 Å². The summed E-state index contributed by atoms with van der Waals surface area (Å²) in [4.78, 5) is 0. The van der Waals surface area contributed by atoms with E-state index in [2.05, 4.69) is 0 Å². The van der Waals surface area contributed by atoms with Crippen LogP contribution in [0.25, 0.3) is 0 Å². The summed E-state index contributed by atoms with van der Waals surface area (Å²) in [7, 11) is -5.63. The van der Waals surface area contributed by atoms with Crippen molar-refractivity contribution in [1.29, 1.82) is 63.1 Å². The third-order valence-electron chi connectivity index (χ3n) is 18.4. The molecule has 0 N–H and O–H groups in total. The van der Waals surface area contributed by atoms with Gasteiger partial charge in [0.2, 0.25) is 0 Å². The van der Waals surface area contributed by atoms with Gasteiger partial charge in [-0.3, -0.25) is 13.6 Å². The summed E-state index contributed by atoms with van der Waals surface area (Å²) in [6, 6.07) is 91.4. The third-order valence-corrected chi connectivity index (χ3v) is 20.3. The molecule has 0 radical (unpaired) electrons. The molecule has 0 aliphatic heterocycles. The number of phosphoric ester groups is 1. The van der Waals surface area contributed by atoms with E-state index in [9.17, 15) is 63.1 Å². The van der Waals surface area contributed by atoms with Crippen LogP contribution in [0.2, 0.25) is 0 Å². The average molecular weight is 1530 g/mol. The smallest absolute Gasteiger partial charge is 0.457 e. The topological polar surface area (TPSA) is 386 Å². The van der Waals surface area contributed by atoms with Gasteiger partial charge in [0.05, 0.1) is 66.8 Å². The molecule has 0 spiro atoms. The molecule has 12 aromatic rings. The maximum absolute atomic E-state index is 18.4. The molecular weight excluding hydrogens is 1480 g/mol. The average Bonchev–Trinajstić information content (AvgIpc) is 0.750. The fourth-order valence-corrected chi connectivity index (χ4v) is 14.9. The van der Waals surface area contributed by atoms with E-state index in [1.807, 2.05) is 72.8 Å². The minimum Gasteiger partial charge on any atom is -0.457 e. The van der Waals surface area contributed by atoms with Crippen molar-refractivity contribution in [1.82, 2.24) is 0 Å². The van der Waals surface area contributed by atoms with Crippen LogP contribution >= 0.6 is 7.82 Å². The second-order valence-corrected chi connectivity index (χ2v) is 28.1. The van der Waals surface area contributed by atoms with Crippen LogP contribution in [0, 0.1) is 136 Å². The molecule has 0 fully saturated rings. The summed E-state index contributed by atoms with van der Waals surface area (Å²) in [5, 5.41) is 119. The summed E-state index contributed by atoms with van der Waals surface area (Å²) in [5.74, 6) is 2.58. The van der Waals surface area contributed by atoms with Crippen LogP contribution in [0.15, 0.2) is 255 Å². The summed E-state index contributed by atoms with van der Waals surface area (Å²) >= 11 is 0. The number of hydrogen-bond acceptors (Lipinski definition) is 22. The lowest BCUT2D eigenvalue weighted by Gasteiger charge is -2.42. The first kappa shape index (κ1) is 79.0. The van der Waals surface area contributed by atoms with Crippen molar-refractivity contribution in [2.24, 2.45) is 0 Å². The van der Waals surface area contributed by atoms with Gasteiger partial charge in [-0.25, -0.2) is 4.57 Å². The Morgan fingerprint density at radius 2 is 0.397 bits per heavy atom. The van der Waals surface area contributed by atoms with E-state index in [0.29, 0.717) is 33.4 Å². The monoisotopic (exact) mass is 1530 g/mol. The van der Waals surface area contributed by atoms with E-state index in [4.69, 9.17) is 42.0 Å². The molecule has 23 heteroatoms. The van der Waals surface area contributed by atoms with Crippen LogP contribution < -0.4 is 28.4 Å². The van der Waals surface area contributed by atoms with Crippen molar-refractivity contribution in [3.63, 3.8) is 0 Å². The molecule has 12 aromatic carbocycles.